The molecule has 1 aliphatic heterocycles. The summed E-state index contributed by atoms with van der Waals surface area (Å²) in [6.07, 6.45) is 5.19. The molecule has 3 aromatic rings. The summed E-state index contributed by atoms with van der Waals surface area (Å²) in [7, 11) is 5.52. The van der Waals surface area contributed by atoms with E-state index in [4.69, 9.17) is 9.47 Å². The number of ether oxygens (including phenoxy) is 2. The van der Waals surface area contributed by atoms with Gasteiger partial charge in [0, 0.05) is 40.4 Å². The highest BCUT2D eigenvalue weighted by molar-refractivity contribution is 5.92. The summed E-state index contributed by atoms with van der Waals surface area (Å²) in [5.74, 6) is 1.83. The summed E-state index contributed by atoms with van der Waals surface area (Å²) >= 11 is 0. The van der Waals surface area contributed by atoms with Crippen molar-refractivity contribution in [2.45, 2.75) is 19.4 Å². The Hall–Kier alpha value is -3.54. The molecule has 0 aliphatic carbocycles. The van der Waals surface area contributed by atoms with Crippen LogP contribution in [0.1, 0.15) is 29.2 Å². The predicted molar refractivity (Wildman–Crippen MR) is 115 cm³/mol. The second-order valence-corrected chi connectivity index (χ2v) is 7.83. The van der Waals surface area contributed by atoms with Crippen molar-refractivity contribution in [3.8, 4) is 17.4 Å². The van der Waals surface area contributed by atoms with Crippen LogP contribution in [0.2, 0.25) is 0 Å². The molecule has 1 saturated heterocycles. The zero-order valence-electron chi connectivity index (χ0n) is 18.4. The molecule has 1 aliphatic rings. The minimum absolute atomic E-state index is 0.184. The Morgan fingerprint density at radius 2 is 2.12 bits per heavy atom. The first kappa shape index (κ1) is 21.7. The van der Waals surface area contributed by atoms with E-state index in [9.17, 15) is 4.79 Å². The minimum atomic E-state index is -0.366. The van der Waals surface area contributed by atoms with Gasteiger partial charge in [-0.1, -0.05) is 0 Å². The molecule has 4 heterocycles. The summed E-state index contributed by atoms with van der Waals surface area (Å²) in [5.41, 5.74) is 0.881. The molecule has 0 spiro atoms. The quantitative estimate of drug-likeness (QED) is 0.520. The highest BCUT2D eigenvalue weighted by Crippen LogP contribution is 2.21. The maximum atomic E-state index is 12.9. The van der Waals surface area contributed by atoms with E-state index in [1.807, 2.05) is 21.1 Å². The average molecular weight is 441 g/mol. The van der Waals surface area contributed by atoms with Gasteiger partial charge in [-0.3, -0.25) is 9.89 Å². The van der Waals surface area contributed by atoms with Crippen LogP contribution in [0.25, 0.3) is 11.5 Å². The number of aromatic nitrogens is 7. The number of hydrogen-bond donors (Lipinski definition) is 2. The van der Waals surface area contributed by atoms with Crippen LogP contribution in [-0.4, -0.2) is 74.5 Å². The smallest absolute Gasteiger partial charge is 0.270 e. The van der Waals surface area contributed by atoms with Gasteiger partial charge in [0.25, 0.3) is 5.91 Å². The molecular formula is C20H27N9O3. The molecule has 1 fully saturated rings. The van der Waals surface area contributed by atoms with Crippen LogP contribution in [-0.2, 0) is 18.3 Å². The standard InChI is InChI=1S/C20H27N9O3/c1-28(2)20-24-16(26-27-20)10-22-19(30)14-8-17(32-11-13-4-6-31-7-5-13)25-18(23-14)15-9-21-12-29(15)3/h8-9,12-13H,4-7,10-11H2,1-3H3,(H,22,30)(H,24,26,27). The van der Waals surface area contributed by atoms with Crippen molar-refractivity contribution in [2.75, 3.05) is 38.8 Å². The first-order chi connectivity index (χ1) is 15.5. The van der Waals surface area contributed by atoms with E-state index in [0.29, 0.717) is 41.7 Å². The second kappa shape index (κ2) is 9.73. The van der Waals surface area contributed by atoms with Gasteiger partial charge in [0.2, 0.25) is 11.8 Å². The normalized spacial score (nSPS) is 14.3. The molecule has 3 aromatic heterocycles. The van der Waals surface area contributed by atoms with Crippen molar-refractivity contribution < 1.29 is 14.3 Å². The number of aryl methyl sites for hydroxylation is 1. The number of imidazole rings is 1. The van der Waals surface area contributed by atoms with Crippen molar-refractivity contribution in [2.24, 2.45) is 13.0 Å². The van der Waals surface area contributed by atoms with E-state index in [1.54, 1.807) is 28.1 Å². The number of carbonyl (C=O) groups excluding carboxylic acids is 1. The lowest BCUT2D eigenvalue weighted by Gasteiger charge is -2.21. The van der Waals surface area contributed by atoms with Gasteiger partial charge in [-0.2, -0.15) is 9.97 Å². The van der Waals surface area contributed by atoms with Gasteiger partial charge >= 0.3 is 0 Å². The molecule has 12 nitrogen and oxygen atoms in total. The Bertz CT molecular complexity index is 1060. The molecular weight excluding hydrogens is 414 g/mol. The van der Waals surface area contributed by atoms with Crippen molar-refractivity contribution in [1.82, 2.24) is 40.0 Å². The van der Waals surface area contributed by atoms with Gasteiger partial charge < -0.3 is 24.3 Å². The predicted octanol–water partition coefficient (Wildman–Crippen LogP) is 0.797. The lowest BCUT2D eigenvalue weighted by molar-refractivity contribution is 0.0490. The number of carbonyl (C=O) groups is 1. The number of H-pyrrole nitrogens is 1. The monoisotopic (exact) mass is 441 g/mol. The van der Waals surface area contributed by atoms with E-state index >= 15 is 0 Å². The molecule has 0 saturated carbocycles. The number of rotatable bonds is 8. The zero-order chi connectivity index (χ0) is 22.5. The Morgan fingerprint density at radius 1 is 1.31 bits per heavy atom. The number of amides is 1. The largest absolute Gasteiger partial charge is 0.477 e. The third-order valence-electron chi connectivity index (χ3n) is 5.13. The SMILES string of the molecule is CN(C)c1n[nH]c(CNC(=O)c2cc(OCC3CCOCC3)nc(-c3cncn3C)n2)n1. The maximum Gasteiger partial charge on any atom is 0.270 e. The number of nitrogens with zero attached hydrogens (tertiary/aromatic N) is 7. The fourth-order valence-electron chi connectivity index (χ4n) is 3.24. The van der Waals surface area contributed by atoms with Crippen LogP contribution in [0.15, 0.2) is 18.6 Å². The van der Waals surface area contributed by atoms with Crippen LogP contribution in [0.5, 0.6) is 5.88 Å². The Morgan fingerprint density at radius 3 is 2.81 bits per heavy atom. The van der Waals surface area contributed by atoms with E-state index in [2.05, 4.69) is 35.5 Å². The Balaban J connectivity index is 1.51. The summed E-state index contributed by atoms with van der Waals surface area (Å²) in [5, 5.41) is 9.70. The lowest BCUT2D eigenvalue weighted by atomic mass is 10.0. The van der Waals surface area contributed by atoms with E-state index in [1.165, 1.54) is 0 Å². The average Bonchev–Trinajstić information content (AvgIpc) is 3.46. The number of aromatic amines is 1. The summed E-state index contributed by atoms with van der Waals surface area (Å²) in [6, 6.07) is 1.56. The van der Waals surface area contributed by atoms with Gasteiger partial charge in [0.15, 0.2) is 5.82 Å². The van der Waals surface area contributed by atoms with E-state index < -0.39 is 0 Å². The van der Waals surface area contributed by atoms with Gasteiger partial charge in [0.1, 0.15) is 17.2 Å². The van der Waals surface area contributed by atoms with Crippen LogP contribution in [0.4, 0.5) is 5.95 Å². The van der Waals surface area contributed by atoms with Gasteiger partial charge in [-0.15, -0.1) is 5.10 Å². The van der Waals surface area contributed by atoms with Crippen molar-refractivity contribution in [3.63, 3.8) is 0 Å². The summed E-state index contributed by atoms with van der Waals surface area (Å²) < 4.78 is 13.1. The molecule has 0 radical (unpaired) electrons. The fourth-order valence-corrected chi connectivity index (χ4v) is 3.24. The van der Waals surface area contributed by atoms with Crippen LogP contribution in [0.3, 0.4) is 0 Å². The molecule has 0 aromatic carbocycles. The Kier molecular flexibility index (Phi) is 6.59. The topological polar surface area (TPSA) is 136 Å². The number of hydrogen-bond acceptors (Lipinski definition) is 9. The minimum Gasteiger partial charge on any atom is -0.477 e. The van der Waals surface area contributed by atoms with Crippen LogP contribution >= 0.6 is 0 Å². The number of nitrogens with one attached hydrogen (secondary N) is 2. The third kappa shape index (κ3) is 5.19. The molecule has 12 heteroatoms. The van der Waals surface area contributed by atoms with E-state index in [-0.39, 0.29) is 18.1 Å². The van der Waals surface area contributed by atoms with Crippen molar-refractivity contribution >= 4 is 11.9 Å². The van der Waals surface area contributed by atoms with E-state index in [0.717, 1.165) is 26.1 Å². The first-order valence-electron chi connectivity index (χ1n) is 10.4. The highest BCUT2D eigenvalue weighted by Gasteiger charge is 2.19. The molecule has 170 valence electrons. The van der Waals surface area contributed by atoms with Gasteiger partial charge in [-0.05, 0) is 18.8 Å². The third-order valence-corrected chi connectivity index (χ3v) is 5.13. The van der Waals surface area contributed by atoms with Gasteiger partial charge in [0.05, 0.1) is 25.7 Å². The van der Waals surface area contributed by atoms with Crippen molar-refractivity contribution in [3.05, 3.63) is 30.1 Å². The Labute approximate surface area is 185 Å². The van der Waals surface area contributed by atoms with Gasteiger partial charge in [-0.25, -0.2) is 9.97 Å². The number of anilines is 1. The lowest BCUT2D eigenvalue weighted by Crippen LogP contribution is -2.25. The molecule has 0 bridgehead atoms. The van der Waals surface area contributed by atoms with Crippen LogP contribution < -0.4 is 15.0 Å². The molecule has 1 amide bonds. The first-order valence-corrected chi connectivity index (χ1v) is 10.4. The molecule has 0 unspecified atom stereocenters. The maximum absolute atomic E-state index is 12.9. The molecule has 0 atom stereocenters. The zero-order valence-corrected chi connectivity index (χ0v) is 18.4. The van der Waals surface area contributed by atoms with Crippen molar-refractivity contribution in [1.29, 1.82) is 0 Å². The molecule has 32 heavy (non-hydrogen) atoms. The summed E-state index contributed by atoms with van der Waals surface area (Å²) in [6.45, 7) is 2.17. The molecule has 2 N–H and O–H groups in total. The van der Waals surface area contributed by atoms with Crippen LogP contribution in [0, 0.1) is 5.92 Å². The highest BCUT2D eigenvalue weighted by atomic mass is 16.5. The summed E-state index contributed by atoms with van der Waals surface area (Å²) in [4.78, 5) is 32.0. The second-order valence-electron chi connectivity index (χ2n) is 7.83. The fraction of sp³-hybridized carbons (Fsp3) is 0.500. The molecule has 4 rings (SSSR count).